The zero-order valence-corrected chi connectivity index (χ0v) is 21.5. The molecule has 9 heteroatoms. The summed E-state index contributed by atoms with van der Waals surface area (Å²) in [4.78, 5) is 30.7. The van der Waals surface area contributed by atoms with Crippen molar-refractivity contribution in [3.8, 4) is 0 Å². The van der Waals surface area contributed by atoms with Gasteiger partial charge in [-0.25, -0.2) is 13.8 Å². The standard InChI is InChI=1S/C30H30F2N4O3/c31-25-12-6-4-10-23(25)27-20-28(22-8-2-1-3-9-22)36(33-27)29(37)21-35(15-14-34-16-18-39-19-17-34)30(38)24-11-5-7-13-26(24)32/h1-13,28H,14-21H2/t28-/m1/s1. The summed E-state index contributed by atoms with van der Waals surface area (Å²) in [6.07, 6.45) is 0.325. The van der Waals surface area contributed by atoms with Crippen molar-refractivity contribution in [2.45, 2.75) is 12.5 Å². The van der Waals surface area contributed by atoms with Gasteiger partial charge in [-0.3, -0.25) is 14.5 Å². The molecule has 202 valence electrons. The van der Waals surface area contributed by atoms with E-state index < -0.39 is 29.5 Å². The maximum atomic E-state index is 14.6. The fourth-order valence-corrected chi connectivity index (χ4v) is 4.91. The fourth-order valence-electron chi connectivity index (χ4n) is 4.91. The number of nitrogens with zero attached hydrogens (tertiary/aromatic N) is 4. The van der Waals surface area contributed by atoms with E-state index in [1.807, 2.05) is 30.3 Å². The number of hydrogen-bond acceptors (Lipinski definition) is 5. The lowest BCUT2D eigenvalue weighted by Crippen LogP contribution is -2.46. The summed E-state index contributed by atoms with van der Waals surface area (Å²) >= 11 is 0. The number of carbonyl (C=O) groups is 2. The van der Waals surface area contributed by atoms with Crippen LogP contribution in [0.4, 0.5) is 8.78 Å². The summed E-state index contributed by atoms with van der Waals surface area (Å²) < 4.78 is 34.6. The van der Waals surface area contributed by atoms with Crippen LogP contribution in [-0.2, 0) is 9.53 Å². The molecule has 2 aliphatic rings. The predicted octanol–water partition coefficient (Wildman–Crippen LogP) is 4.12. The van der Waals surface area contributed by atoms with E-state index in [-0.39, 0.29) is 18.7 Å². The van der Waals surface area contributed by atoms with Crippen LogP contribution >= 0.6 is 0 Å². The maximum absolute atomic E-state index is 14.6. The minimum absolute atomic E-state index is 0.0937. The highest BCUT2D eigenvalue weighted by Gasteiger charge is 2.35. The first-order valence-corrected chi connectivity index (χ1v) is 13.0. The molecule has 1 atom stereocenters. The van der Waals surface area contributed by atoms with Gasteiger partial charge in [0.25, 0.3) is 11.8 Å². The molecule has 0 aliphatic carbocycles. The van der Waals surface area contributed by atoms with E-state index in [0.717, 1.165) is 5.56 Å². The Hall–Kier alpha value is -3.95. The van der Waals surface area contributed by atoms with E-state index in [4.69, 9.17) is 4.74 Å². The molecular weight excluding hydrogens is 502 g/mol. The Morgan fingerprint density at radius 2 is 1.56 bits per heavy atom. The molecule has 5 rings (SSSR count). The van der Waals surface area contributed by atoms with Crippen molar-refractivity contribution in [2.24, 2.45) is 5.10 Å². The zero-order valence-electron chi connectivity index (χ0n) is 21.5. The Bertz CT molecular complexity index is 1340. The van der Waals surface area contributed by atoms with Crippen LogP contribution in [0, 0.1) is 11.6 Å². The normalized spacial score (nSPS) is 17.6. The van der Waals surface area contributed by atoms with Crippen molar-refractivity contribution >= 4 is 17.5 Å². The SMILES string of the molecule is O=C(c1ccccc1F)N(CCN1CCOCC1)CC(=O)N1N=C(c2ccccc2F)C[C@@H]1c1ccccc1. The van der Waals surface area contributed by atoms with Crippen molar-refractivity contribution < 1.29 is 23.1 Å². The van der Waals surface area contributed by atoms with Crippen LogP contribution < -0.4 is 0 Å². The number of amides is 2. The molecule has 0 N–H and O–H groups in total. The van der Waals surface area contributed by atoms with Crippen LogP contribution in [-0.4, -0.2) is 78.3 Å². The van der Waals surface area contributed by atoms with Crippen molar-refractivity contribution in [3.05, 3.63) is 107 Å². The van der Waals surface area contributed by atoms with Crippen molar-refractivity contribution in [1.82, 2.24) is 14.8 Å². The highest BCUT2D eigenvalue weighted by atomic mass is 19.1. The predicted molar refractivity (Wildman–Crippen MR) is 143 cm³/mol. The molecule has 3 aromatic rings. The topological polar surface area (TPSA) is 65.5 Å². The minimum atomic E-state index is -0.644. The van der Waals surface area contributed by atoms with Crippen LogP contribution in [0.15, 0.2) is 84.0 Å². The van der Waals surface area contributed by atoms with Gasteiger partial charge in [-0.2, -0.15) is 5.10 Å². The van der Waals surface area contributed by atoms with Gasteiger partial charge in [0.05, 0.1) is 30.5 Å². The number of carbonyl (C=O) groups excluding carboxylic acids is 2. The largest absolute Gasteiger partial charge is 0.379 e. The van der Waals surface area contributed by atoms with E-state index in [2.05, 4.69) is 10.0 Å². The average molecular weight is 533 g/mol. The molecule has 0 radical (unpaired) electrons. The number of rotatable bonds is 8. The number of hydrogen-bond donors (Lipinski definition) is 0. The second-order valence-corrected chi connectivity index (χ2v) is 9.56. The van der Waals surface area contributed by atoms with E-state index >= 15 is 0 Å². The number of ether oxygens (including phenoxy) is 1. The molecule has 3 aromatic carbocycles. The van der Waals surface area contributed by atoms with Crippen LogP contribution in [0.1, 0.15) is 33.9 Å². The van der Waals surface area contributed by atoms with Gasteiger partial charge < -0.3 is 9.64 Å². The highest BCUT2D eigenvalue weighted by molar-refractivity contribution is 6.04. The Balaban J connectivity index is 1.42. The van der Waals surface area contributed by atoms with Crippen LogP contribution in [0.5, 0.6) is 0 Å². The first-order chi connectivity index (χ1) is 19.0. The Morgan fingerprint density at radius 1 is 0.897 bits per heavy atom. The van der Waals surface area contributed by atoms with Crippen LogP contribution in [0.2, 0.25) is 0 Å². The Morgan fingerprint density at radius 3 is 2.28 bits per heavy atom. The quantitative estimate of drug-likeness (QED) is 0.438. The van der Waals surface area contributed by atoms with Crippen molar-refractivity contribution in [2.75, 3.05) is 45.9 Å². The molecule has 39 heavy (non-hydrogen) atoms. The van der Waals surface area contributed by atoms with Gasteiger partial charge in [0.2, 0.25) is 0 Å². The van der Waals surface area contributed by atoms with E-state index in [1.54, 1.807) is 24.3 Å². The van der Waals surface area contributed by atoms with Gasteiger partial charge in [0.1, 0.15) is 18.2 Å². The van der Waals surface area contributed by atoms with Gasteiger partial charge in [-0.15, -0.1) is 0 Å². The molecule has 2 aliphatic heterocycles. The van der Waals surface area contributed by atoms with Gasteiger partial charge in [0, 0.05) is 38.2 Å². The van der Waals surface area contributed by atoms with Crippen molar-refractivity contribution in [3.63, 3.8) is 0 Å². The average Bonchev–Trinajstić information content (AvgIpc) is 3.42. The molecule has 0 saturated carbocycles. The molecule has 0 aromatic heterocycles. The molecule has 1 fully saturated rings. The van der Waals surface area contributed by atoms with Gasteiger partial charge in [-0.05, 0) is 23.8 Å². The third-order valence-electron chi connectivity index (χ3n) is 7.04. The van der Waals surface area contributed by atoms with Gasteiger partial charge in [-0.1, -0.05) is 60.7 Å². The van der Waals surface area contributed by atoms with Gasteiger partial charge in [0.15, 0.2) is 0 Å². The number of morpholine rings is 1. The molecule has 2 heterocycles. The van der Waals surface area contributed by atoms with Crippen LogP contribution in [0.25, 0.3) is 0 Å². The van der Waals surface area contributed by atoms with Crippen LogP contribution in [0.3, 0.4) is 0 Å². The number of hydrazone groups is 1. The molecule has 7 nitrogen and oxygen atoms in total. The number of halogens is 2. The Kier molecular flexibility index (Phi) is 8.39. The summed E-state index contributed by atoms with van der Waals surface area (Å²) in [7, 11) is 0. The summed E-state index contributed by atoms with van der Waals surface area (Å²) in [5.41, 5.74) is 1.54. The lowest BCUT2D eigenvalue weighted by Gasteiger charge is -2.31. The molecule has 0 bridgehead atoms. The first-order valence-electron chi connectivity index (χ1n) is 13.0. The summed E-state index contributed by atoms with van der Waals surface area (Å²) in [6, 6.07) is 21.0. The van der Waals surface area contributed by atoms with E-state index in [0.29, 0.717) is 50.5 Å². The van der Waals surface area contributed by atoms with Crippen molar-refractivity contribution in [1.29, 1.82) is 0 Å². The fraction of sp³-hybridized carbons (Fsp3) is 0.300. The molecule has 0 unspecified atom stereocenters. The number of benzene rings is 3. The summed E-state index contributed by atoms with van der Waals surface area (Å²) in [6.45, 7) is 3.08. The van der Waals surface area contributed by atoms with E-state index in [9.17, 15) is 18.4 Å². The van der Waals surface area contributed by atoms with E-state index in [1.165, 1.54) is 34.2 Å². The zero-order chi connectivity index (χ0) is 27.2. The maximum Gasteiger partial charge on any atom is 0.262 e. The molecule has 2 amide bonds. The first kappa shape index (κ1) is 26.6. The minimum Gasteiger partial charge on any atom is -0.379 e. The third kappa shape index (κ3) is 6.21. The Labute approximate surface area is 226 Å². The molecule has 1 saturated heterocycles. The van der Waals surface area contributed by atoms with Gasteiger partial charge >= 0.3 is 0 Å². The summed E-state index contributed by atoms with van der Waals surface area (Å²) in [5, 5.41) is 5.89. The second-order valence-electron chi connectivity index (χ2n) is 9.56. The highest BCUT2D eigenvalue weighted by Crippen LogP contribution is 2.33. The third-order valence-corrected chi connectivity index (χ3v) is 7.04. The summed E-state index contributed by atoms with van der Waals surface area (Å²) in [5.74, 6) is -2.06. The second kappa shape index (κ2) is 12.3. The molecular formula is C30H30F2N4O3. The lowest BCUT2D eigenvalue weighted by molar-refractivity contribution is -0.133. The lowest BCUT2D eigenvalue weighted by atomic mass is 9.98. The monoisotopic (exact) mass is 532 g/mol. The molecule has 0 spiro atoms. The smallest absolute Gasteiger partial charge is 0.262 e.